The fourth-order valence-electron chi connectivity index (χ4n) is 2.43. The van der Waals surface area contributed by atoms with Gasteiger partial charge >= 0.3 is 0 Å². The largest absolute Gasteiger partial charge is 0.459 e. The maximum absolute atomic E-state index is 12.0. The van der Waals surface area contributed by atoms with E-state index in [0.29, 0.717) is 5.76 Å². The molecule has 0 saturated heterocycles. The van der Waals surface area contributed by atoms with E-state index >= 15 is 0 Å². The van der Waals surface area contributed by atoms with Crippen LogP contribution in [0.2, 0.25) is 0 Å². The summed E-state index contributed by atoms with van der Waals surface area (Å²) < 4.78 is 5.10. The van der Waals surface area contributed by atoms with Crippen LogP contribution in [0.3, 0.4) is 0 Å². The standard InChI is InChI=1S/C14H15N3O2/c1-9-15-8-10-11(16-9)4-2-5-12(10)17-14(18)13-6-3-7-19-13/h3,6-8,12H,2,4-5H2,1H3,(H,17,18). The summed E-state index contributed by atoms with van der Waals surface area (Å²) in [5, 5.41) is 2.98. The molecule has 0 aliphatic heterocycles. The first-order valence-electron chi connectivity index (χ1n) is 6.41. The quantitative estimate of drug-likeness (QED) is 0.895. The Balaban J connectivity index is 1.82. The Morgan fingerprint density at radius 2 is 2.42 bits per heavy atom. The molecule has 3 rings (SSSR count). The second-order valence-corrected chi connectivity index (χ2v) is 4.71. The Morgan fingerprint density at radius 3 is 3.21 bits per heavy atom. The number of hydrogen-bond acceptors (Lipinski definition) is 4. The van der Waals surface area contributed by atoms with Gasteiger partial charge in [0.1, 0.15) is 5.82 Å². The van der Waals surface area contributed by atoms with Gasteiger partial charge in [0.25, 0.3) is 5.91 Å². The zero-order valence-corrected chi connectivity index (χ0v) is 10.7. The molecule has 0 bridgehead atoms. The number of aryl methyl sites for hydroxylation is 2. The average molecular weight is 257 g/mol. The van der Waals surface area contributed by atoms with Crippen molar-refractivity contribution in [2.75, 3.05) is 0 Å². The van der Waals surface area contributed by atoms with Crippen LogP contribution in [0.4, 0.5) is 0 Å². The number of fused-ring (bicyclic) bond motifs is 1. The molecular weight excluding hydrogens is 242 g/mol. The lowest BCUT2D eigenvalue weighted by atomic mass is 9.92. The molecule has 0 radical (unpaired) electrons. The van der Waals surface area contributed by atoms with E-state index in [4.69, 9.17) is 4.42 Å². The van der Waals surface area contributed by atoms with Crippen molar-refractivity contribution in [3.63, 3.8) is 0 Å². The van der Waals surface area contributed by atoms with E-state index < -0.39 is 0 Å². The van der Waals surface area contributed by atoms with E-state index in [1.54, 1.807) is 12.1 Å². The van der Waals surface area contributed by atoms with Crippen LogP contribution in [0, 0.1) is 6.92 Å². The topological polar surface area (TPSA) is 68.0 Å². The lowest BCUT2D eigenvalue weighted by Gasteiger charge is -2.25. The van der Waals surface area contributed by atoms with Gasteiger partial charge in [0.05, 0.1) is 12.3 Å². The summed E-state index contributed by atoms with van der Waals surface area (Å²) in [5.74, 6) is 0.917. The van der Waals surface area contributed by atoms with Gasteiger partial charge in [-0.3, -0.25) is 4.79 Å². The van der Waals surface area contributed by atoms with Gasteiger partial charge in [-0.05, 0) is 38.3 Å². The van der Waals surface area contributed by atoms with Gasteiger partial charge in [-0.1, -0.05) is 0 Å². The first-order valence-corrected chi connectivity index (χ1v) is 6.41. The molecule has 1 unspecified atom stereocenters. The summed E-state index contributed by atoms with van der Waals surface area (Å²) in [5.41, 5.74) is 2.07. The van der Waals surface area contributed by atoms with E-state index in [9.17, 15) is 4.79 Å². The van der Waals surface area contributed by atoms with Gasteiger partial charge in [-0.15, -0.1) is 0 Å². The molecule has 19 heavy (non-hydrogen) atoms. The van der Waals surface area contributed by atoms with Crippen molar-refractivity contribution in [3.05, 3.63) is 47.4 Å². The maximum Gasteiger partial charge on any atom is 0.287 e. The van der Waals surface area contributed by atoms with E-state index in [1.165, 1.54) is 6.26 Å². The Labute approximate surface area is 111 Å². The highest BCUT2D eigenvalue weighted by Gasteiger charge is 2.24. The lowest BCUT2D eigenvalue weighted by Crippen LogP contribution is -2.31. The van der Waals surface area contributed by atoms with Crippen LogP contribution in [-0.2, 0) is 6.42 Å². The van der Waals surface area contributed by atoms with Gasteiger partial charge in [0, 0.05) is 17.5 Å². The van der Waals surface area contributed by atoms with E-state index in [0.717, 1.165) is 36.3 Å². The first-order chi connectivity index (χ1) is 9.24. The maximum atomic E-state index is 12.0. The molecule has 0 fully saturated rings. The smallest absolute Gasteiger partial charge is 0.287 e. The molecule has 1 aliphatic rings. The minimum Gasteiger partial charge on any atom is -0.459 e. The van der Waals surface area contributed by atoms with Crippen LogP contribution in [0.25, 0.3) is 0 Å². The zero-order valence-electron chi connectivity index (χ0n) is 10.7. The third-order valence-corrected chi connectivity index (χ3v) is 3.35. The van der Waals surface area contributed by atoms with Crippen molar-refractivity contribution in [1.82, 2.24) is 15.3 Å². The molecule has 1 aliphatic carbocycles. The van der Waals surface area contributed by atoms with Crippen molar-refractivity contribution in [1.29, 1.82) is 0 Å². The molecule has 2 aromatic rings. The number of nitrogens with zero attached hydrogens (tertiary/aromatic N) is 2. The van der Waals surface area contributed by atoms with Crippen molar-refractivity contribution in [2.45, 2.75) is 32.2 Å². The zero-order chi connectivity index (χ0) is 13.2. The van der Waals surface area contributed by atoms with Crippen LogP contribution >= 0.6 is 0 Å². The average Bonchev–Trinajstić information content (AvgIpc) is 2.92. The minimum atomic E-state index is -0.191. The molecule has 2 aromatic heterocycles. The highest BCUT2D eigenvalue weighted by Crippen LogP contribution is 2.28. The number of rotatable bonds is 2. The van der Waals surface area contributed by atoms with Crippen molar-refractivity contribution >= 4 is 5.91 Å². The van der Waals surface area contributed by atoms with Crippen LogP contribution in [0.5, 0.6) is 0 Å². The molecule has 0 aromatic carbocycles. The third kappa shape index (κ3) is 2.36. The Kier molecular flexibility index (Phi) is 3.03. The number of carbonyl (C=O) groups excluding carboxylic acids is 1. The summed E-state index contributed by atoms with van der Waals surface area (Å²) in [7, 11) is 0. The summed E-state index contributed by atoms with van der Waals surface area (Å²) in [6.07, 6.45) is 6.20. The molecule has 1 amide bonds. The Hall–Kier alpha value is -2.17. The van der Waals surface area contributed by atoms with E-state index in [1.807, 2.05) is 13.1 Å². The number of furan rings is 1. The third-order valence-electron chi connectivity index (χ3n) is 3.35. The second kappa shape index (κ2) is 4.84. The van der Waals surface area contributed by atoms with Crippen LogP contribution in [0.15, 0.2) is 29.0 Å². The fourth-order valence-corrected chi connectivity index (χ4v) is 2.43. The van der Waals surface area contributed by atoms with Crippen molar-refractivity contribution < 1.29 is 9.21 Å². The van der Waals surface area contributed by atoms with Crippen LogP contribution in [0.1, 0.15) is 46.5 Å². The number of hydrogen-bond donors (Lipinski definition) is 1. The van der Waals surface area contributed by atoms with E-state index in [-0.39, 0.29) is 11.9 Å². The molecule has 5 nitrogen and oxygen atoms in total. The lowest BCUT2D eigenvalue weighted by molar-refractivity contribution is 0.0904. The summed E-state index contributed by atoms with van der Waals surface area (Å²) >= 11 is 0. The van der Waals surface area contributed by atoms with Gasteiger partial charge in [-0.25, -0.2) is 9.97 Å². The molecule has 0 saturated carbocycles. The predicted molar refractivity (Wildman–Crippen MR) is 68.6 cm³/mol. The summed E-state index contributed by atoms with van der Waals surface area (Å²) in [6.45, 7) is 1.88. The molecular formula is C14H15N3O2. The summed E-state index contributed by atoms with van der Waals surface area (Å²) in [6, 6.07) is 3.34. The van der Waals surface area contributed by atoms with Gasteiger partial charge in [0.2, 0.25) is 0 Å². The van der Waals surface area contributed by atoms with Crippen LogP contribution in [-0.4, -0.2) is 15.9 Å². The number of amides is 1. The first kappa shape index (κ1) is 11.9. The van der Waals surface area contributed by atoms with Gasteiger partial charge < -0.3 is 9.73 Å². The molecule has 5 heteroatoms. The highest BCUT2D eigenvalue weighted by molar-refractivity contribution is 5.91. The normalized spacial score (nSPS) is 17.8. The summed E-state index contributed by atoms with van der Waals surface area (Å²) in [4.78, 5) is 20.7. The van der Waals surface area contributed by atoms with Crippen molar-refractivity contribution in [3.8, 4) is 0 Å². The predicted octanol–water partition coefficient (Wildman–Crippen LogP) is 2.19. The molecule has 0 spiro atoms. The highest BCUT2D eigenvalue weighted by atomic mass is 16.3. The van der Waals surface area contributed by atoms with Gasteiger partial charge in [0.15, 0.2) is 5.76 Å². The molecule has 2 heterocycles. The Bertz CT molecular complexity index is 593. The van der Waals surface area contributed by atoms with Gasteiger partial charge in [-0.2, -0.15) is 0 Å². The van der Waals surface area contributed by atoms with E-state index in [2.05, 4.69) is 15.3 Å². The number of nitrogens with one attached hydrogen (secondary N) is 1. The SMILES string of the molecule is Cc1ncc2c(n1)CCCC2NC(=O)c1ccco1. The van der Waals surface area contributed by atoms with Crippen molar-refractivity contribution in [2.24, 2.45) is 0 Å². The fraction of sp³-hybridized carbons (Fsp3) is 0.357. The number of carbonyl (C=O) groups is 1. The molecule has 1 N–H and O–H groups in total. The monoisotopic (exact) mass is 257 g/mol. The molecule has 98 valence electrons. The minimum absolute atomic E-state index is 0.0260. The Morgan fingerprint density at radius 1 is 1.53 bits per heavy atom. The molecule has 1 atom stereocenters. The number of aromatic nitrogens is 2. The van der Waals surface area contributed by atoms with Crippen LogP contribution < -0.4 is 5.32 Å². The second-order valence-electron chi connectivity index (χ2n) is 4.71.